The molecule has 2 aromatic rings. The Labute approximate surface area is 105 Å². The molecule has 1 aromatic heterocycles. The van der Waals surface area contributed by atoms with E-state index in [9.17, 15) is 8.42 Å². The van der Waals surface area contributed by atoms with Gasteiger partial charge in [0.15, 0.2) is 0 Å². The Hall–Kier alpha value is -2.08. The van der Waals surface area contributed by atoms with E-state index < -0.39 is 10.4 Å². The van der Waals surface area contributed by atoms with Crippen molar-refractivity contribution < 1.29 is 16.8 Å². The summed E-state index contributed by atoms with van der Waals surface area (Å²) in [7, 11) is -4.16. The van der Waals surface area contributed by atoms with Crippen molar-refractivity contribution in [3.05, 3.63) is 54.2 Å². The largest absolute Gasteiger partial charge is 0.502 e. The molecule has 0 radical (unpaired) electrons. The van der Waals surface area contributed by atoms with Crippen LogP contribution in [0.1, 0.15) is 5.56 Å². The second-order valence-corrected chi connectivity index (χ2v) is 4.71. The van der Waals surface area contributed by atoms with Gasteiger partial charge < -0.3 is 8.37 Å². The van der Waals surface area contributed by atoms with Gasteiger partial charge in [-0.25, -0.2) is 4.98 Å². The fraction of sp³-hybridized carbons (Fsp3) is 0.0833. The van der Waals surface area contributed by atoms with Gasteiger partial charge in [-0.05, 0) is 25.1 Å². The van der Waals surface area contributed by atoms with Gasteiger partial charge in [-0.3, -0.25) is 0 Å². The van der Waals surface area contributed by atoms with Crippen LogP contribution in [0, 0.1) is 6.92 Å². The predicted molar refractivity (Wildman–Crippen MR) is 65.6 cm³/mol. The molecular formula is C12H11NO4S. The summed E-state index contributed by atoms with van der Waals surface area (Å²) < 4.78 is 32.6. The molecule has 6 heteroatoms. The van der Waals surface area contributed by atoms with E-state index in [0.717, 1.165) is 5.56 Å². The minimum absolute atomic E-state index is 0.0374. The van der Waals surface area contributed by atoms with Gasteiger partial charge in [0.25, 0.3) is 0 Å². The highest BCUT2D eigenvalue weighted by Crippen LogP contribution is 2.16. The summed E-state index contributed by atoms with van der Waals surface area (Å²) in [6.07, 6.45) is 1.43. The summed E-state index contributed by atoms with van der Waals surface area (Å²) in [4.78, 5) is 3.74. The first-order valence-corrected chi connectivity index (χ1v) is 6.50. The number of rotatable bonds is 4. The Bertz CT molecular complexity index is 608. The third-order valence-electron chi connectivity index (χ3n) is 2.04. The van der Waals surface area contributed by atoms with Gasteiger partial charge in [0.05, 0.1) is 0 Å². The zero-order valence-electron chi connectivity index (χ0n) is 9.61. The lowest BCUT2D eigenvalue weighted by Crippen LogP contribution is -2.16. The van der Waals surface area contributed by atoms with E-state index in [2.05, 4.69) is 9.17 Å². The zero-order chi connectivity index (χ0) is 13.0. The van der Waals surface area contributed by atoms with Crippen molar-refractivity contribution in [3.8, 4) is 11.6 Å². The molecule has 5 nitrogen and oxygen atoms in total. The van der Waals surface area contributed by atoms with Crippen LogP contribution in [0.3, 0.4) is 0 Å². The molecule has 0 amide bonds. The quantitative estimate of drug-likeness (QED) is 0.846. The number of pyridine rings is 1. The number of nitrogens with zero attached hydrogens (tertiary/aromatic N) is 1. The second kappa shape index (κ2) is 5.05. The smallest absolute Gasteiger partial charge is 0.353 e. The predicted octanol–water partition coefficient (Wildman–Crippen LogP) is 2.09. The molecule has 0 spiro atoms. The first-order valence-electron chi connectivity index (χ1n) is 5.17. The third kappa shape index (κ3) is 3.46. The van der Waals surface area contributed by atoms with E-state index in [1.54, 1.807) is 36.4 Å². The molecule has 0 N–H and O–H groups in total. The van der Waals surface area contributed by atoms with E-state index in [4.69, 9.17) is 4.18 Å². The van der Waals surface area contributed by atoms with E-state index in [1.165, 1.54) is 12.3 Å². The van der Waals surface area contributed by atoms with Crippen LogP contribution in [0.25, 0.3) is 0 Å². The summed E-state index contributed by atoms with van der Waals surface area (Å²) in [5, 5.41) is 0. The number of aryl methyl sites for hydroxylation is 1. The Morgan fingerprint density at radius 1 is 1.00 bits per heavy atom. The Morgan fingerprint density at radius 3 is 2.33 bits per heavy atom. The van der Waals surface area contributed by atoms with Crippen molar-refractivity contribution in [2.75, 3.05) is 0 Å². The van der Waals surface area contributed by atoms with Crippen LogP contribution < -0.4 is 8.37 Å². The molecule has 0 atom stereocenters. The van der Waals surface area contributed by atoms with Crippen LogP contribution >= 0.6 is 0 Å². The maximum absolute atomic E-state index is 11.6. The number of benzene rings is 1. The molecule has 0 aliphatic heterocycles. The molecule has 0 bridgehead atoms. The van der Waals surface area contributed by atoms with Crippen LogP contribution in [-0.4, -0.2) is 13.4 Å². The molecule has 94 valence electrons. The van der Waals surface area contributed by atoms with Crippen LogP contribution in [0.15, 0.2) is 48.7 Å². The highest BCUT2D eigenvalue weighted by molar-refractivity contribution is 7.82. The molecule has 2 rings (SSSR count). The lowest BCUT2D eigenvalue weighted by atomic mass is 10.2. The van der Waals surface area contributed by atoms with Crippen LogP contribution in [0.2, 0.25) is 0 Å². The van der Waals surface area contributed by atoms with E-state index >= 15 is 0 Å². The third-order valence-corrected chi connectivity index (χ3v) is 2.82. The van der Waals surface area contributed by atoms with Crippen molar-refractivity contribution in [2.45, 2.75) is 6.92 Å². The first kappa shape index (κ1) is 12.4. The van der Waals surface area contributed by atoms with Crippen LogP contribution in [0.4, 0.5) is 0 Å². The van der Waals surface area contributed by atoms with Crippen LogP contribution in [-0.2, 0) is 10.4 Å². The normalized spacial score (nSPS) is 10.9. The molecule has 1 aromatic carbocycles. The second-order valence-electron chi connectivity index (χ2n) is 3.56. The lowest BCUT2D eigenvalue weighted by Gasteiger charge is -2.06. The number of hydrogen-bond acceptors (Lipinski definition) is 5. The average Bonchev–Trinajstić information content (AvgIpc) is 2.32. The number of hydrogen-bond donors (Lipinski definition) is 0. The monoisotopic (exact) mass is 265 g/mol. The highest BCUT2D eigenvalue weighted by atomic mass is 32.3. The lowest BCUT2D eigenvalue weighted by molar-refractivity contribution is 0.386. The Balaban J connectivity index is 2.10. The average molecular weight is 265 g/mol. The standard InChI is InChI=1S/C12H11NO4S/c1-10-5-7-11(8-6-10)16-18(14,15)17-12-4-2-3-9-13-12/h2-9H,1H3. The maximum atomic E-state index is 11.6. The highest BCUT2D eigenvalue weighted by Gasteiger charge is 2.16. The molecular weight excluding hydrogens is 254 g/mol. The SMILES string of the molecule is Cc1ccc(OS(=O)(=O)Oc2ccccn2)cc1. The van der Waals surface area contributed by atoms with Gasteiger partial charge >= 0.3 is 10.4 Å². The van der Waals surface area contributed by atoms with Gasteiger partial charge in [0.2, 0.25) is 5.88 Å². The van der Waals surface area contributed by atoms with E-state index in [0.29, 0.717) is 0 Å². The number of aromatic nitrogens is 1. The summed E-state index contributed by atoms with van der Waals surface area (Å²) in [5.41, 5.74) is 1.00. The Kier molecular flexibility index (Phi) is 3.47. The van der Waals surface area contributed by atoms with Crippen molar-refractivity contribution in [3.63, 3.8) is 0 Å². The molecule has 18 heavy (non-hydrogen) atoms. The molecule has 0 saturated heterocycles. The van der Waals surface area contributed by atoms with Crippen molar-refractivity contribution >= 4 is 10.4 Å². The Morgan fingerprint density at radius 2 is 1.72 bits per heavy atom. The van der Waals surface area contributed by atoms with Crippen molar-refractivity contribution in [1.29, 1.82) is 0 Å². The van der Waals surface area contributed by atoms with Gasteiger partial charge in [-0.15, -0.1) is 8.42 Å². The molecule has 0 fully saturated rings. The minimum Gasteiger partial charge on any atom is -0.353 e. The summed E-state index contributed by atoms with van der Waals surface area (Å²) in [6, 6.07) is 11.3. The zero-order valence-corrected chi connectivity index (χ0v) is 10.4. The molecule has 0 saturated carbocycles. The summed E-state index contributed by atoms with van der Waals surface area (Å²) >= 11 is 0. The summed E-state index contributed by atoms with van der Waals surface area (Å²) in [6.45, 7) is 1.89. The maximum Gasteiger partial charge on any atom is 0.502 e. The van der Waals surface area contributed by atoms with Crippen molar-refractivity contribution in [1.82, 2.24) is 4.98 Å². The van der Waals surface area contributed by atoms with Crippen LogP contribution in [0.5, 0.6) is 11.6 Å². The van der Waals surface area contributed by atoms with Gasteiger partial charge in [0.1, 0.15) is 5.75 Å². The van der Waals surface area contributed by atoms with Gasteiger partial charge in [-0.2, -0.15) is 0 Å². The fourth-order valence-electron chi connectivity index (χ4n) is 1.23. The minimum atomic E-state index is -4.16. The molecule has 1 heterocycles. The van der Waals surface area contributed by atoms with Crippen molar-refractivity contribution in [2.24, 2.45) is 0 Å². The van der Waals surface area contributed by atoms with Gasteiger partial charge in [-0.1, -0.05) is 23.8 Å². The van der Waals surface area contributed by atoms with E-state index in [1.807, 2.05) is 6.92 Å². The molecule has 0 unspecified atom stereocenters. The molecule has 0 aliphatic carbocycles. The van der Waals surface area contributed by atoms with E-state index in [-0.39, 0.29) is 11.6 Å². The fourth-order valence-corrected chi connectivity index (χ4v) is 1.92. The van der Waals surface area contributed by atoms with Gasteiger partial charge in [0, 0.05) is 12.3 Å². The first-order chi connectivity index (χ1) is 8.55. The summed E-state index contributed by atoms with van der Waals surface area (Å²) in [5.74, 6) is 0.154. The molecule has 0 aliphatic rings. The topological polar surface area (TPSA) is 65.5 Å².